The van der Waals surface area contributed by atoms with E-state index >= 15 is 0 Å². The second kappa shape index (κ2) is 9.86. The van der Waals surface area contributed by atoms with Crippen molar-refractivity contribution in [1.29, 1.82) is 0 Å². The highest BCUT2D eigenvalue weighted by Crippen LogP contribution is 2.25. The minimum Gasteiger partial charge on any atom is -0.456 e. The molecule has 0 unspecified atom stereocenters. The van der Waals surface area contributed by atoms with Crippen LogP contribution in [-0.4, -0.2) is 55.1 Å². The Labute approximate surface area is 194 Å². The van der Waals surface area contributed by atoms with E-state index in [4.69, 9.17) is 4.74 Å². The summed E-state index contributed by atoms with van der Waals surface area (Å²) in [5.74, 6) is -0.733. The van der Waals surface area contributed by atoms with Gasteiger partial charge in [-0.2, -0.15) is 4.80 Å². The second-order valence-electron chi connectivity index (χ2n) is 8.17. The first-order valence-electron chi connectivity index (χ1n) is 10.1. The van der Waals surface area contributed by atoms with E-state index in [1.54, 1.807) is 59.0 Å². The van der Waals surface area contributed by atoms with Crippen LogP contribution in [0, 0.1) is 6.92 Å². The maximum absolute atomic E-state index is 12.4. The quantitative estimate of drug-likeness (QED) is 0.500. The number of anilines is 1. The molecular formula is C21H25N7O4S. The number of benzene rings is 1. The number of carbonyl (C=O) groups excluding carboxylic acids is 3. The Hall–Kier alpha value is -3.67. The minimum absolute atomic E-state index is 0.0392. The van der Waals surface area contributed by atoms with Crippen LogP contribution in [-0.2, 0) is 16.6 Å². The topological polar surface area (TPSA) is 141 Å². The summed E-state index contributed by atoms with van der Waals surface area (Å²) in [6.45, 7) is 7.14. The summed E-state index contributed by atoms with van der Waals surface area (Å²) in [5, 5.41) is 17.5. The Balaban J connectivity index is 1.51. The predicted octanol–water partition coefficient (Wildman–Crippen LogP) is 2.36. The third-order valence-electron chi connectivity index (χ3n) is 4.16. The Morgan fingerprint density at radius 2 is 1.97 bits per heavy atom. The summed E-state index contributed by atoms with van der Waals surface area (Å²) in [7, 11) is 1.66. The minimum atomic E-state index is -0.625. The van der Waals surface area contributed by atoms with Crippen molar-refractivity contribution in [1.82, 2.24) is 30.5 Å². The fraction of sp³-hybridized carbons (Fsp3) is 0.381. The molecular weight excluding hydrogens is 446 g/mol. The zero-order valence-corrected chi connectivity index (χ0v) is 19.8. The van der Waals surface area contributed by atoms with Crippen molar-refractivity contribution in [3.8, 4) is 11.4 Å². The van der Waals surface area contributed by atoms with Gasteiger partial charge in [0.2, 0.25) is 11.7 Å². The number of thiazole rings is 1. The van der Waals surface area contributed by atoms with Gasteiger partial charge in [-0.25, -0.2) is 9.78 Å². The molecule has 2 amide bonds. The Kier molecular flexibility index (Phi) is 7.16. The fourth-order valence-corrected chi connectivity index (χ4v) is 3.60. The van der Waals surface area contributed by atoms with Gasteiger partial charge >= 0.3 is 5.97 Å². The molecule has 0 saturated carbocycles. The number of nitrogens with one attached hydrogen (secondary N) is 2. The number of carbonyl (C=O) groups is 3. The van der Waals surface area contributed by atoms with Gasteiger partial charge in [0.25, 0.3) is 5.91 Å². The fourth-order valence-electron chi connectivity index (χ4n) is 2.74. The number of rotatable bonds is 7. The molecule has 0 aliphatic heterocycles. The van der Waals surface area contributed by atoms with Crippen LogP contribution >= 0.6 is 11.3 Å². The van der Waals surface area contributed by atoms with Gasteiger partial charge in [-0.15, -0.1) is 10.2 Å². The zero-order valence-electron chi connectivity index (χ0n) is 19.0. The number of ether oxygens (including phenoxy) is 1. The van der Waals surface area contributed by atoms with Crippen LogP contribution in [0.15, 0.2) is 24.3 Å². The molecule has 0 atom stereocenters. The number of hydrogen-bond donors (Lipinski definition) is 2. The van der Waals surface area contributed by atoms with Crippen molar-refractivity contribution >= 4 is 34.3 Å². The molecule has 0 saturated heterocycles. The molecule has 3 rings (SSSR count). The first-order valence-corrected chi connectivity index (χ1v) is 11.0. The maximum atomic E-state index is 12.4. The molecule has 0 aliphatic rings. The highest BCUT2D eigenvalue weighted by Gasteiger charge is 2.23. The molecule has 0 fully saturated rings. The van der Waals surface area contributed by atoms with Gasteiger partial charge < -0.3 is 15.4 Å². The number of hydrogen-bond acceptors (Lipinski definition) is 9. The lowest BCUT2D eigenvalue weighted by atomic mass is 10.1. The summed E-state index contributed by atoms with van der Waals surface area (Å²) in [6, 6.07) is 6.82. The lowest BCUT2D eigenvalue weighted by Crippen LogP contribution is -2.27. The lowest BCUT2D eigenvalue weighted by Gasteiger charge is -2.18. The molecule has 33 heavy (non-hydrogen) atoms. The third-order valence-corrected chi connectivity index (χ3v) is 5.21. The van der Waals surface area contributed by atoms with Gasteiger partial charge in [0, 0.05) is 24.1 Å². The normalized spacial score (nSPS) is 11.2. The van der Waals surface area contributed by atoms with Gasteiger partial charge in [-0.05, 0) is 45.0 Å². The van der Waals surface area contributed by atoms with Crippen molar-refractivity contribution in [2.45, 2.75) is 39.7 Å². The standard InChI is InChI=1S/C21H25N7O4S/c1-12-16(19(31)32-21(2,3)4)33-20(23-12)24-15(29)9-10-22-18(30)14-8-6-7-13(11-14)17-25-27-28(5)26-17/h6-8,11H,9-10H2,1-5H3,(H,22,30)(H,23,24,29). The number of nitrogens with zero attached hydrogens (tertiary/aromatic N) is 5. The van der Waals surface area contributed by atoms with Crippen LogP contribution in [0.25, 0.3) is 11.4 Å². The monoisotopic (exact) mass is 471 g/mol. The van der Waals surface area contributed by atoms with Crippen molar-refractivity contribution < 1.29 is 19.1 Å². The third kappa shape index (κ3) is 6.65. The summed E-state index contributed by atoms with van der Waals surface area (Å²) in [4.78, 5) is 42.8. The average Bonchev–Trinajstić information content (AvgIpc) is 3.32. The number of esters is 1. The number of tetrazole rings is 1. The van der Waals surface area contributed by atoms with E-state index in [-0.39, 0.29) is 24.8 Å². The number of aryl methyl sites for hydroxylation is 2. The van der Waals surface area contributed by atoms with Gasteiger partial charge in [-0.1, -0.05) is 23.5 Å². The van der Waals surface area contributed by atoms with Gasteiger partial charge in [0.15, 0.2) is 5.13 Å². The van der Waals surface area contributed by atoms with Crippen molar-refractivity contribution in [3.05, 3.63) is 40.4 Å². The van der Waals surface area contributed by atoms with Crippen molar-refractivity contribution in [3.63, 3.8) is 0 Å². The molecule has 12 heteroatoms. The molecule has 11 nitrogen and oxygen atoms in total. The summed E-state index contributed by atoms with van der Waals surface area (Å²) >= 11 is 1.05. The maximum Gasteiger partial charge on any atom is 0.350 e. The Morgan fingerprint density at radius 1 is 1.21 bits per heavy atom. The molecule has 0 spiro atoms. The van der Waals surface area contributed by atoms with E-state index in [2.05, 4.69) is 31.0 Å². The van der Waals surface area contributed by atoms with E-state index < -0.39 is 11.6 Å². The number of aromatic nitrogens is 5. The molecule has 0 aliphatic carbocycles. The molecule has 2 heterocycles. The largest absolute Gasteiger partial charge is 0.456 e. The molecule has 3 aromatic rings. The average molecular weight is 472 g/mol. The summed E-state index contributed by atoms with van der Waals surface area (Å²) < 4.78 is 5.35. The Morgan fingerprint density at radius 3 is 2.64 bits per heavy atom. The molecule has 2 N–H and O–H groups in total. The van der Waals surface area contributed by atoms with Crippen LogP contribution in [0.5, 0.6) is 0 Å². The molecule has 2 aromatic heterocycles. The molecule has 1 aromatic carbocycles. The Bertz CT molecular complexity index is 1180. The summed E-state index contributed by atoms with van der Waals surface area (Å²) in [5.41, 5.74) is 0.932. The smallest absolute Gasteiger partial charge is 0.350 e. The van der Waals surface area contributed by atoms with E-state index in [1.807, 2.05) is 0 Å². The number of amides is 2. The summed E-state index contributed by atoms with van der Waals surface area (Å²) in [6.07, 6.45) is 0.0392. The van der Waals surface area contributed by atoms with Gasteiger partial charge in [-0.3, -0.25) is 9.59 Å². The van der Waals surface area contributed by atoms with Gasteiger partial charge in [0.1, 0.15) is 10.5 Å². The van der Waals surface area contributed by atoms with Crippen LogP contribution in [0.1, 0.15) is 52.9 Å². The lowest BCUT2D eigenvalue weighted by molar-refractivity contribution is -0.116. The molecule has 0 radical (unpaired) electrons. The highest BCUT2D eigenvalue weighted by molar-refractivity contribution is 7.17. The van der Waals surface area contributed by atoms with Crippen LogP contribution in [0.3, 0.4) is 0 Å². The zero-order chi connectivity index (χ0) is 24.2. The second-order valence-corrected chi connectivity index (χ2v) is 9.17. The van der Waals surface area contributed by atoms with Crippen LogP contribution in [0.4, 0.5) is 5.13 Å². The molecule has 0 bridgehead atoms. The van der Waals surface area contributed by atoms with Crippen LogP contribution in [0.2, 0.25) is 0 Å². The molecule has 174 valence electrons. The van der Waals surface area contributed by atoms with Crippen LogP contribution < -0.4 is 10.6 Å². The first kappa shape index (κ1) is 24.0. The van der Waals surface area contributed by atoms with E-state index in [1.165, 1.54) is 4.80 Å². The van der Waals surface area contributed by atoms with Crippen molar-refractivity contribution in [2.75, 3.05) is 11.9 Å². The van der Waals surface area contributed by atoms with Gasteiger partial charge in [0.05, 0.1) is 12.7 Å². The first-order chi connectivity index (χ1) is 15.5. The highest BCUT2D eigenvalue weighted by atomic mass is 32.1. The van der Waals surface area contributed by atoms with E-state index in [0.29, 0.717) is 32.7 Å². The van der Waals surface area contributed by atoms with E-state index in [9.17, 15) is 14.4 Å². The SMILES string of the molecule is Cc1nc(NC(=O)CCNC(=O)c2cccc(-c3nnn(C)n3)c2)sc1C(=O)OC(C)(C)C. The van der Waals surface area contributed by atoms with Crippen molar-refractivity contribution in [2.24, 2.45) is 7.05 Å². The van der Waals surface area contributed by atoms with E-state index in [0.717, 1.165) is 11.3 Å². The predicted molar refractivity (Wildman–Crippen MR) is 122 cm³/mol.